The number of pyridine rings is 4. The molecular weight excluding hydrogens is 1320 g/mol. The molecule has 0 N–H and O–H groups in total. The summed E-state index contributed by atoms with van der Waals surface area (Å²) in [6.45, 7) is 52.8. The van der Waals surface area contributed by atoms with E-state index in [4.69, 9.17) is 4.98 Å². The van der Waals surface area contributed by atoms with Gasteiger partial charge in [-0.15, -0.1) is 0 Å². The number of nitrogens with zero attached hydrogens (tertiary/aromatic N) is 12. The molecular formula is C96H116N12. The molecule has 0 spiro atoms. The van der Waals surface area contributed by atoms with E-state index in [1.807, 2.05) is 12.4 Å². The minimum absolute atomic E-state index is 0.115. The molecule has 0 bridgehead atoms. The van der Waals surface area contributed by atoms with Crippen LogP contribution in [-0.4, -0.2) is 44.6 Å². The van der Waals surface area contributed by atoms with E-state index in [9.17, 15) is 0 Å². The minimum atomic E-state index is 0.115. The molecule has 108 heavy (non-hydrogen) atoms. The van der Waals surface area contributed by atoms with Crippen molar-refractivity contribution in [3.63, 3.8) is 0 Å². The monoisotopic (exact) mass is 1440 g/mol. The van der Waals surface area contributed by atoms with Crippen LogP contribution in [0.5, 0.6) is 0 Å². The summed E-state index contributed by atoms with van der Waals surface area (Å²) >= 11 is 0. The molecule has 0 amide bonds. The van der Waals surface area contributed by atoms with Gasteiger partial charge in [0.15, 0.2) is 0 Å². The molecule has 4 aromatic heterocycles. The Hall–Kier alpha value is -10.7. The molecule has 14 rings (SSSR count). The SMILES string of the molecule is Cc1cc(C)c(N2C=CN(c3c(C(C)C)cccc3C(C)C)[C@H]2C)c(C)n1.Cc1cc(C)c(N2C=CN(c3c(C)cccc3C)[C@H]2C)c(C)n1.Cc1ccnc(C)c1N1C=CN(c2c(-c3ccccc3)cccc2-c2ccccc2)[C@H]1C.Cc1ccnc(C)c1N1C=CN(c2c(C(C)C)cccc2C(C)C)[C@H]1C. The van der Waals surface area contributed by atoms with Crippen molar-refractivity contribution in [2.24, 2.45) is 0 Å². The lowest BCUT2D eigenvalue weighted by Crippen LogP contribution is -2.37. The van der Waals surface area contributed by atoms with Gasteiger partial charge in [0.25, 0.3) is 0 Å². The van der Waals surface area contributed by atoms with E-state index in [0.29, 0.717) is 23.7 Å². The molecule has 0 radical (unpaired) electrons. The lowest BCUT2D eigenvalue weighted by molar-refractivity contribution is 0.723. The van der Waals surface area contributed by atoms with Crippen LogP contribution in [0.25, 0.3) is 22.3 Å². The molecule has 0 aliphatic carbocycles. The van der Waals surface area contributed by atoms with Crippen molar-refractivity contribution in [1.29, 1.82) is 0 Å². The fraction of sp³-hybridized carbons (Fsp3) is 0.333. The van der Waals surface area contributed by atoms with Crippen molar-refractivity contribution in [2.75, 3.05) is 39.2 Å². The molecule has 4 aliphatic rings. The van der Waals surface area contributed by atoms with Gasteiger partial charge in [-0.2, -0.15) is 0 Å². The summed E-state index contributed by atoms with van der Waals surface area (Å²) in [6.07, 6.45) is 22.1. The van der Waals surface area contributed by atoms with Crippen LogP contribution in [0.2, 0.25) is 0 Å². The number of aromatic nitrogens is 4. The molecule has 560 valence electrons. The van der Waals surface area contributed by atoms with Gasteiger partial charge >= 0.3 is 0 Å². The Bertz CT molecular complexity index is 4730. The standard InChI is InChI=1S/C29H27N3.C24H33N3.C23H31N3.C20H25N3/c1-21-17-18-30-22(2)28(21)31-19-20-32(23(31)3)29-26(24-11-6-4-7-12-24)15-10-16-27(29)25-13-8-5-9-14-25;1-15(2)21-10-9-11-22(16(3)4)24(21)27-13-12-26(20(27)8)23-17(5)14-18(6)25-19(23)7;1-15(2)20-9-8-10-21(16(3)4)23(20)26-14-13-25(19(26)7)22-17(5)11-12-24-18(22)6;1-13-8-7-9-14(2)19(13)22-10-11-23(18(22)6)20-15(3)12-16(4)21-17(20)5/h4-20,23H,1-3H3;9-16,20H,1-8H3;8-16,19H,1-7H3;7-12,18H,1-6H3/t23-;20-;19-;18-/m0001/s1. The topological polar surface area (TPSA) is 77.5 Å². The third-order valence-electron chi connectivity index (χ3n) is 21.8. The van der Waals surface area contributed by atoms with Crippen molar-refractivity contribution in [1.82, 2.24) is 19.9 Å². The molecule has 0 unspecified atom stereocenters. The molecule has 12 heteroatoms. The highest BCUT2D eigenvalue weighted by atomic mass is 15.4. The van der Waals surface area contributed by atoms with Crippen molar-refractivity contribution < 1.29 is 0 Å². The number of para-hydroxylation sites is 4. The maximum absolute atomic E-state index is 4.71. The average molecular weight is 1440 g/mol. The van der Waals surface area contributed by atoms with E-state index < -0.39 is 0 Å². The van der Waals surface area contributed by atoms with Gasteiger partial charge in [0.05, 0.1) is 51.2 Å². The van der Waals surface area contributed by atoms with E-state index in [0.717, 1.165) is 34.2 Å². The molecule has 0 fully saturated rings. The normalized spacial score (nSPS) is 16.6. The number of rotatable bonds is 14. The fourth-order valence-corrected chi connectivity index (χ4v) is 16.5. The predicted octanol–water partition coefficient (Wildman–Crippen LogP) is 24.4. The summed E-state index contributed by atoms with van der Waals surface area (Å²) in [5.41, 5.74) is 34.7. The summed E-state index contributed by atoms with van der Waals surface area (Å²) < 4.78 is 0. The van der Waals surface area contributed by atoms with Crippen molar-refractivity contribution in [3.8, 4) is 22.3 Å². The maximum atomic E-state index is 4.71. The second-order valence-electron chi connectivity index (χ2n) is 31.0. The highest BCUT2D eigenvalue weighted by Gasteiger charge is 2.35. The highest BCUT2D eigenvalue weighted by Crippen LogP contribution is 2.46. The third-order valence-corrected chi connectivity index (χ3v) is 21.8. The van der Waals surface area contributed by atoms with Crippen LogP contribution in [0.3, 0.4) is 0 Å². The number of hydrogen-bond donors (Lipinski definition) is 0. The minimum Gasteiger partial charge on any atom is -0.325 e. The molecule has 12 nitrogen and oxygen atoms in total. The van der Waals surface area contributed by atoms with Gasteiger partial charge in [-0.25, -0.2) is 0 Å². The van der Waals surface area contributed by atoms with E-state index in [1.165, 1.54) is 123 Å². The summed E-state index contributed by atoms with van der Waals surface area (Å²) in [5.74, 6) is 1.94. The van der Waals surface area contributed by atoms with Gasteiger partial charge in [-0.05, 0) is 225 Å². The summed E-state index contributed by atoms with van der Waals surface area (Å²) in [4.78, 5) is 37.4. The third kappa shape index (κ3) is 16.1. The van der Waals surface area contributed by atoms with Crippen molar-refractivity contribution in [2.45, 2.75) is 215 Å². The van der Waals surface area contributed by atoms with E-state index in [-0.39, 0.29) is 24.7 Å². The van der Waals surface area contributed by atoms with Gasteiger partial charge < -0.3 is 39.2 Å². The Kier molecular flexibility index (Phi) is 24.4. The molecule has 6 aromatic carbocycles. The number of aryl methyl sites for hydroxylation is 12. The number of anilines is 8. The first-order valence-electron chi connectivity index (χ1n) is 38.9. The fourth-order valence-electron chi connectivity index (χ4n) is 16.5. The molecule has 0 saturated carbocycles. The smallest absolute Gasteiger partial charge is 0.107 e. The Balaban J connectivity index is 0.000000144. The number of hydrogen-bond acceptors (Lipinski definition) is 12. The Morgan fingerprint density at radius 3 is 0.806 bits per heavy atom. The van der Waals surface area contributed by atoms with Gasteiger partial charge in [-0.3, -0.25) is 19.9 Å². The van der Waals surface area contributed by atoms with E-state index in [2.05, 4.69) is 428 Å². The van der Waals surface area contributed by atoms with Gasteiger partial charge in [-0.1, -0.05) is 189 Å². The molecule has 0 saturated heterocycles. The second-order valence-corrected chi connectivity index (χ2v) is 31.0. The molecule has 4 atom stereocenters. The van der Waals surface area contributed by atoms with Crippen LogP contribution in [0, 0.1) is 83.1 Å². The zero-order chi connectivity index (χ0) is 77.7. The predicted molar refractivity (Wildman–Crippen MR) is 461 cm³/mol. The van der Waals surface area contributed by atoms with Gasteiger partial charge in [0.1, 0.15) is 24.7 Å². The molecule has 8 heterocycles. The van der Waals surface area contributed by atoms with Crippen LogP contribution >= 0.6 is 0 Å². The summed E-state index contributed by atoms with van der Waals surface area (Å²) in [6, 6.07) is 56.4. The van der Waals surface area contributed by atoms with Crippen LogP contribution in [-0.2, 0) is 0 Å². The zero-order valence-corrected chi connectivity index (χ0v) is 68.8. The van der Waals surface area contributed by atoms with Gasteiger partial charge in [0.2, 0.25) is 0 Å². The first-order chi connectivity index (χ1) is 51.6. The van der Waals surface area contributed by atoms with Crippen LogP contribution in [0.4, 0.5) is 45.5 Å². The Morgan fingerprint density at radius 1 is 0.250 bits per heavy atom. The maximum Gasteiger partial charge on any atom is 0.107 e. The summed E-state index contributed by atoms with van der Waals surface area (Å²) in [5, 5.41) is 0. The highest BCUT2D eigenvalue weighted by molar-refractivity contribution is 5.93. The van der Waals surface area contributed by atoms with E-state index in [1.54, 1.807) is 0 Å². The first-order valence-corrected chi connectivity index (χ1v) is 38.9. The van der Waals surface area contributed by atoms with Crippen molar-refractivity contribution >= 4 is 45.5 Å². The first kappa shape index (κ1) is 78.4. The Morgan fingerprint density at radius 2 is 0.509 bits per heavy atom. The largest absolute Gasteiger partial charge is 0.325 e. The zero-order valence-electron chi connectivity index (χ0n) is 68.8. The Labute approximate surface area is 647 Å². The van der Waals surface area contributed by atoms with Crippen LogP contribution in [0.1, 0.15) is 197 Å². The van der Waals surface area contributed by atoms with Crippen LogP contribution in [0.15, 0.2) is 220 Å². The van der Waals surface area contributed by atoms with Gasteiger partial charge in [0, 0.05) is 102 Å². The number of benzene rings is 6. The second kappa shape index (κ2) is 33.6. The quantitative estimate of drug-likeness (QED) is 0.104. The lowest BCUT2D eigenvalue weighted by Gasteiger charge is -2.35. The lowest BCUT2D eigenvalue weighted by atomic mass is 9.92. The van der Waals surface area contributed by atoms with Crippen molar-refractivity contribution in [3.05, 3.63) is 310 Å². The molecule has 10 aromatic rings. The molecule has 4 aliphatic heterocycles. The van der Waals surface area contributed by atoms with E-state index >= 15 is 0 Å². The summed E-state index contributed by atoms with van der Waals surface area (Å²) in [7, 11) is 0. The average Bonchev–Trinajstić information content (AvgIpc) is 1.61. The van der Waals surface area contributed by atoms with Crippen LogP contribution < -0.4 is 39.2 Å².